The van der Waals surface area contributed by atoms with Crippen molar-refractivity contribution in [2.24, 2.45) is 0 Å². The first-order valence-electron chi connectivity index (χ1n) is 9.63. The molecule has 0 saturated carbocycles. The molecule has 158 valence electrons. The Morgan fingerprint density at radius 3 is 2.23 bits per heavy atom. The Morgan fingerprint density at radius 2 is 1.67 bits per heavy atom. The van der Waals surface area contributed by atoms with E-state index in [2.05, 4.69) is 27.8 Å². The van der Waals surface area contributed by atoms with E-state index < -0.39 is 0 Å². The van der Waals surface area contributed by atoms with Gasteiger partial charge in [-0.25, -0.2) is 0 Å². The van der Waals surface area contributed by atoms with Crippen LogP contribution >= 0.6 is 27.7 Å². The molecule has 3 aromatic rings. The van der Waals surface area contributed by atoms with Crippen molar-refractivity contribution in [1.29, 1.82) is 0 Å². The monoisotopic (exact) mass is 489 g/mol. The molecule has 0 aliphatic heterocycles. The lowest BCUT2D eigenvalue weighted by molar-refractivity contribution is 0.396. The van der Waals surface area contributed by atoms with Crippen molar-refractivity contribution >= 4 is 27.7 Å². The first-order valence-corrected chi connectivity index (χ1v) is 11.2. The second-order valence-corrected chi connectivity index (χ2v) is 8.68. The van der Waals surface area contributed by atoms with Crippen molar-refractivity contribution in [1.82, 2.24) is 4.98 Å². The van der Waals surface area contributed by atoms with E-state index in [0.717, 1.165) is 22.2 Å². The lowest BCUT2D eigenvalue weighted by atomic mass is 9.98. The third-order valence-corrected chi connectivity index (χ3v) is 6.34. The number of hydrogen-bond acceptors (Lipinski definition) is 5. The van der Waals surface area contributed by atoms with Gasteiger partial charge in [0.05, 0.1) is 25.3 Å². The highest BCUT2D eigenvalue weighted by molar-refractivity contribution is 9.10. The molecule has 2 aromatic carbocycles. The molecule has 30 heavy (non-hydrogen) atoms. The van der Waals surface area contributed by atoms with Crippen LogP contribution in [0.4, 0.5) is 0 Å². The van der Waals surface area contributed by atoms with Gasteiger partial charge >= 0.3 is 0 Å². The number of hydrogen-bond donors (Lipinski definition) is 2. The van der Waals surface area contributed by atoms with E-state index >= 15 is 0 Å². The van der Waals surface area contributed by atoms with Gasteiger partial charge in [-0.3, -0.25) is 4.79 Å². The maximum Gasteiger partial charge on any atom is 0.266 e. The van der Waals surface area contributed by atoms with Crippen LogP contribution in [0.5, 0.6) is 17.2 Å². The minimum atomic E-state index is -0.316. The second-order valence-electron chi connectivity index (χ2n) is 6.68. The van der Waals surface area contributed by atoms with Crippen LogP contribution in [-0.2, 0) is 6.42 Å². The summed E-state index contributed by atoms with van der Waals surface area (Å²) in [5.74, 6) is 1.06. The SMILES string of the molecule is CCCCc1[nH]c(=O)c(Sc2ccc(Br)cc2)c(O)c1-c1c(OC)cccc1OC. The number of unbranched alkanes of at least 4 members (excludes halogenated alkanes) is 1. The van der Waals surface area contributed by atoms with Gasteiger partial charge in [0, 0.05) is 15.1 Å². The molecule has 0 bridgehead atoms. The van der Waals surface area contributed by atoms with Crippen LogP contribution in [0.25, 0.3) is 11.1 Å². The summed E-state index contributed by atoms with van der Waals surface area (Å²) < 4.78 is 12.1. The summed E-state index contributed by atoms with van der Waals surface area (Å²) in [6, 6.07) is 13.0. The first-order chi connectivity index (χ1) is 14.5. The van der Waals surface area contributed by atoms with Crippen molar-refractivity contribution in [3.05, 3.63) is 63.0 Å². The maximum absolute atomic E-state index is 12.9. The van der Waals surface area contributed by atoms with Gasteiger partial charge in [-0.05, 0) is 49.2 Å². The molecule has 0 aliphatic carbocycles. The Labute approximate surface area is 188 Å². The molecule has 0 saturated heterocycles. The molecule has 2 N–H and O–H groups in total. The van der Waals surface area contributed by atoms with E-state index in [9.17, 15) is 9.90 Å². The van der Waals surface area contributed by atoms with E-state index in [4.69, 9.17) is 9.47 Å². The number of benzene rings is 2. The van der Waals surface area contributed by atoms with Gasteiger partial charge in [-0.1, -0.05) is 47.1 Å². The van der Waals surface area contributed by atoms with Crippen molar-refractivity contribution < 1.29 is 14.6 Å². The fourth-order valence-corrected chi connectivity index (χ4v) is 4.36. The molecule has 0 spiro atoms. The van der Waals surface area contributed by atoms with Gasteiger partial charge in [-0.2, -0.15) is 0 Å². The highest BCUT2D eigenvalue weighted by Gasteiger charge is 2.24. The molecule has 0 radical (unpaired) electrons. The molecule has 5 nitrogen and oxygen atoms in total. The van der Waals surface area contributed by atoms with E-state index in [-0.39, 0.29) is 16.2 Å². The lowest BCUT2D eigenvalue weighted by Gasteiger charge is -2.19. The zero-order valence-corrected chi connectivity index (χ0v) is 19.5. The minimum Gasteiger partial charge on any atom is -0.506 e. The number of halogens is 1. The van der Waals surface area contributed by atoms with Crippen LogP contribution in [0.3, 0.4) is 0 Å². The molecule has 0 fully saturated rings. The van der Waals surface area contributed by atoms with Crippen LogP contribution in [0.15, 0.2) is 61.5 Å². The smallest absolute Gasteiger partial charge is 0.266 e. The third-order valence-electron chi connectivity index (χ3n) is 4.72. The Bertz CT molecular complexity index is 1060. The quantitative estimate of drug-likeness (QED) is 0.404. The minimum absolute atomic E-state index is 0.0689. The van der Waals surface area contributed by atoms with Gasteiger partial charge in [0.15, 0.2) is 0 Å². The number of ether oxygens (including phenoxy) is 2. The zero-order chi connectivity index (χ0) is 21.7. The van der Waals surface area contributed by atoms with Crippen molar-refractivity contribution in [3.63, 3.8) is 0 Å². The number of aryl methyl sites for hydroxylation is 1. The predicted octanol–water partition coefficient (Wildman–Crippen LogP) is 6.02. The maximum atomic E-state index is 12.9. The number of pyridine rings is 1. The Kier molecular flexibility index (Phi) is 7.50. The fraction of sp³-hybridized carbons (Fsp3) is 0.261. The summed E-state index contributed by atoms with van der Waals surface area (Å²) >= 11 is 4.63. The molecule has 0 aliphatic rings. The van der Waals surface area contributed by atoms with Gasteiger partial charge in [0.25, 0.3) is 5.56 Å². The molecule has 1 heterocycles. The summed E-state index contributed by atoms with van der Waals surface area (Å²) in [4.78, 5) is 17.0. The highest BCUT2D eigenvalue weighted by atomic mass is 79.9. The van der Waals surface area contributed by atoms with E-state index in [1.807, 2.05) is 42.5 Å². The van der Waals surface area contributed by atoms with Crippen LogP contribution in [0, 0.1) is 0 Å². The second kappa shape index (κ2) is 10.1. The highest BCUT2D eigenvalue weighted by Crippen LogP contribution is 2.47. The van der Waals surface area contributed by atoms with E-state index in [1.165, 1.54) is 11.8 Å². The Hall–Kier alpha value is -2.38. The van der Waals surface area contributed by atoms with Crippen molar-refractivity contribution in [2.75, 3.05) is 14.2 Å². The molecule has 3 rings (SSSR count). The predicted molar refractivity (Wildman–Crippen MR) is 124 cm³/mol. The molecular weight excluding hydrogens is 466 g/mol. The summed E-state index contributed by atoms with van der Waals surface area (Å²) in [6.07, 6.45) is 2.46. The molecule has 1 aromatic heterocycles. The molecule has 0 amide bonds. The van der Waals surface area contributed by atoms with Crippen LogP contribution in [-0.4, -0.2) is 24.3 Å². The summed E-state index contributed by atoms with van der Waals surface area (Å²) in [5.41, 5.74) is 1.52. The van der Waals surface area contributed by atoms with Gasteiger partial charge in [0.1, 0.15) is 22.1 Å². The zero-order valence-electron chi connectivity index (χ0n) is 17.1. The lowest BCUT2D eigenvalue weighted by Crippen LogP contribution is -2.14. The van der Waals surface area contributed by atoms with Crippen LogP contribution in [0.2, 0.25) is 0 Å². The normalized spacial score (nSPS) is 10.8. The topological polar surface area (TPSA) is 71.6 Å². The van der Waals surface area contributed by atoms with Gasteiger partial charge in [-0.15, -0.1) is 0 Å². The van der Waals surface area contributed by atoms with Gasteiger partial charge in [0.2, 0.25) is 0 Å². The largest absolute Gasteiger partial charge is 0.506 e. The summed E-state index contributed by atoms with van der Waals surface area (Å²) in [7, 11) is 3.15. The average molecular weight is 490 g/mol. The van der Waals surface area contributed by atoms with Crippen molar-refractivity contribution in [2.45, 2.75) is 36.0 Å². The number of aromatic amines is 1. The molecule has 7 heteroatoms. The average Bonchev–Trinajstić information content (AvgIpc) is 2.76. The number of nitrogens with one attached hydrogen (secondary N) is 1. The van der Waals surface area contributed by atoms with Gasteiger partial charge < -0.3 is 19.6 Å². The summed E-state index contributed by atoms with van der Waals surface area (Å²) in [6.45, 7) is 2.08. The number of methoxy groups -OCH3 is 2. The number of H-pyrrole nitrogens is 1. The van der Waals surface area contributed by atoms with E-state index in [1.54, 1.807) is 14.2 Å². The Balaban J connectivity index is 2.25. The molecule has 0 atom stereocenters. The van der Waals surface area contributed by atoms with Crippen LogP contribution in [0.1, 0.15) is 25.5 Å². The molecular formula is C23H24BrNO4S. The van der Waals surface area contributed by atoms with Crippen LogP contribution < -0.4 is 15.0 Å². The van der Waals surface area contributed by atoms with E-state index in [0.29, 0.717) is 34.7 Å². The summed E-state index contributed by atoms with van der Waals surface area (Å²) in [5, 5.41) is 11.3. The first kappa shape index (κ1) is 22.3. The Morgan fingerprint density at radius 1 is 1.03 bits per heavy atom. The molecule has 0 unspecified atom stereocenters. The standard InChI is InChI=1S/C23H24BrNO4S/c1-4-5-7-16-19(20-17(28-2)8-6-9-18(20)29-3)21(26)22(23(27)25-16)30-15-12-10-14(24)11-13-15/h6,8-13H,4-5,7H2,1-3H3,(H2,25,26,27). The fourth-order valence-electron chi connectivity index (χ4n) is 3.24. The van der Waals surface area contributed by atoms with Crippen molar-refractivity contribution in [3.8, 4) is 28.4 Å². The number of aromatic hydroxyl groups is 1. The third kappa shape index (κ3) is 4.68. The number of rotatable bonds is 8. The number of aromatic nitrogens is 1.